The molecule has 2 N–H and O–H groups in total. The second kappa shape index (κ2) is 5.55. The van der Waals surface area contributed by atoms with Crippen LogP contribution in [0.1, 0.15) is 28.2 Å². The molecule has 21 heavy (non-hydrogen) atoms. The number of aromatic amines is 1. The van der Waals surface area contributed by atoms with E-state index in [2.05, 4.69) is 19.9 Å². The van der Waals surface area contributed by atoms with E-state index in [0.717, 1.165) is 25.2 Å². The van der Waals surface area contributed by atoms with E-state index in [9.17, 15) is 9.59 Å². The fraction of sp³-hybridized carbons (Fsp3) is 0.400. The van der Waals surface area contributed by atoms with Gasteiger partial charge in [0, 0.05) is 38.1 Å². The third kappa shape index (κ3) is 2.74. The van der Waals surface area contributed by atoms with Gasteiger partial charge in [-0.15, -0.1) is 0 Å². The molecule has 2 aromatic rings. The van der Waals surface area contributed by atoms with Crippen LogP contribution >= 0.6 is 0 Å². The number of carbonyl (C=O) groups is 1. The maximum absolute atomic E-state index is 12.2. The van der Waals surface area contributed by atoms with Crippen molar-refractivity contribution >= 4 is 5.91 Å². The van der Waals surface area contributed by atoms with Gasteiger partial charge in [0.2, 0.25) is 0 Å². The molecule has 6 nitrogen and oxygen atoms in total. The van der Waals surface area contributed by atoms with Gasteiger partial charge in [-0.05, 0) is 30.9 Å². The highest BCUT2D eigenvalue weighted by atomic mass is 16.2. The smallest absolute Gasteiger partial charge is 0.261 e. The molecule has 1 amide bonds. The Balaban J connectivity index is 1.64. The van der Waals surface area contributed by atoms with Crippen molar-refractivity contribution in [3.05, 3.63) is 52.0 Å². The van der Waals surface area contributed by atoms with Crippen molar-refractivity contribution in [1.82, 2.24) is 19.9 Å². The lowest BCUT2D eigenvalue weighted by Crippen LogP contribution is -2.36. The van der Waals surface area contributed by atoms with Crippen LogP contribution in [0.2, 0.25) is 0 Å². The Bertz CT molecular complexity index is 716. The number of nitrogens with one attached hydrogen (secondary N) is 2. The number of aromatic nitrogens is 3. The second-order valence-corrected chi connectivity index (χ2v) is 5.47. The summed E-state index contributed by atoms with van der Waals surface area (Å²) in [4.78, 5) is 30.8. The molecule has 3 heterocycles. The summed E-state index contributed by atoms with van der Waals surface area (Å²) in [6.45, 7) is 3.27. The van der Waals surface area contributed by atoms with Crippen LogP contribution in [0.25, 0.3) is 0 Å². The second-order valence-electron chi connectivity index (χ2n) is 5.47. The maximum Gasteiger partial charge on any atom is 0.261 e. The fourth-order valence-corrected chi connectivity index (χ4v) is 2.77. The summed E-state index contributed by atoms with van der Waals surface area (Å²) in [7, 11) is 0. The molecular formula is C15H18N4O2. The van der Waals surface area contributed by atoms with Gasteiger partial charge in [-0.2, -0.15) is 0 Å². The van der Waals surface area contributed by atoms with Gasteiger partial charge in [-0.3, -0.25) is 9.59 Å². The molecule has 1 aliphatic heterocycles. The van der Waals surface area contributed by atoms with E-state index in [-0.39, 0.29) is 17.0 Å². The standard InChI is InChI=1S/C15H18N4O2/c1-10-2-4-17-14(20)13(10)15(21)18-9-11-3-6-19-7-5-16-12(19)8-11/h2,4-5,7,11H,3,6,8-9H2,1H3,(H,17,20)(H,18,21)/t11-/m0/s1. The lowest BCUT2D eigenvalue weighted by atomic mass is 9.97. The number of nitrogens with zero attached hydrogens (tertiary/aromatic N) is 2. The normalized spacial score (nSPS) is 17.3. The van der Waals surface area contributed by atoms with Crippen LogP contribution in [0.5, 0.6) is 0 Å². The van der Waals surface area contributed by atoms with Gasteiger partial charge in [0.05, 0.1) is 0 Å². The zero-order valence-electron chi connectivity index (χ0n) is 11.9. The minimum absolute atomic E-state index is 0.204. The van der Waals surface area contributed by atoms with Crippen molar-refractivity contribution in [3.63, 3.8) is 0 Å². The van der Waals surface area contributed by atoms with Gasteiger partial charge in [-0.25, -0.2) is 4.98 Å². The topological polar surface area (TPSA) is 79.8 Å². The first kappa shape index (κ1) is 13.6. The van der Waals surface area contributed by atoms with Crippen molar-refractivity contribution in [2.45, 2.75) is 26.3 Å². The number of amides is 1. The van der Waals surface area contributed by atoms with Crippen molar-refractivity contribution in [2.24, 2.45) is 5.92 Å². The third-order valence-electron chi connectivity index (χ3n) is 4.00. The largest absolute Gasteiger partial charge is 0.352 e. The quantitative estimate of drug-likeness (QED) is 0.878. The van der Waals surface area contributed by atoms with Crippen LogP contribution in [-0.2, 0) is 13.0 Å². The van der Waals surface area contributed by atoms with Gasteiger partial charge in [-0.1, -0.05) is 0 Å². The molecule has 0 saturated carbocycles. The van der Waals surface area contributed by atoms with E-state index in [4.69, 9.17) is 0 Å². The molecular weight excluding hydrogens is 268 g/mol. The van der Waals surface area contributed by atoms with Crippen LogP contribution < -0.4 is 10.9 Å². The number of aryl methyl sites for hydroxylation is 2. The molecule has 1 atom stereocenters. The number of hydrogen-bond acceptors (Lipinski definition) is 3. The first-order valence-corrected chi connectivity index (χ1v) is 7.11. The van der Waals surface area contributed by atoms with Crippen LogP contribution in [-0.4, -0.2) is 27.0 Å². The van der Waals surface area contributed by atoms with Crippen molar-refractivity contribution < 1.29 is 4.79 Å². The molecule has 0 spiro atoms. The van der Waals surface area contributed by atoms with Crippen molar-refractivity contribution in [2.75, 3.05) is 6.54 Å². The van der Waals surface area contributed by atoms with E-state index in [0.29, 0.717) is 18.0 Å². The SMILES string of the molecule is Cc1cc[nH]c(=O)c1C(=O)NC[C@H]1CCn2ccnc2C1. The van der Waals surface area contributed by atoms with Crippen LogP contribution in [0.15, 0.2) is 29.5 Å². The van der Waals surface area contributed by atoms with Crippen LogP contribution in [0, 0.1) is 12.8 Å². The predicted octanol–water partition coefficient (Wildman–Crippen LogP) is 0.872. The van der Waals surface area contributed by atoms with Crippen LogP contribution in [0.4, 0.5) is 0 Å². The van der Waals surface area contributed by atoms with E-state index >= 15 is 0 Å². The number of H-pyrrole nitrogens is 1. The Labute approximate surface area is 122 Å². The summed E-state index contributed by atoms with van der Waals surface area (Å²) in [5.41, 5.74) is 0.553. The Hall–Kier alpha value is -2.37. The summed E-state index contributed by atoms with van der Waals surface area (Å²) in [6, 6.07) is 1.73. The number of imidazole rings is 1. The summed E-state index contributed by atoms with van der Waals surface area (Å²) in [5, 5.41) is 2.88. The van der Waals surface area contributed by atoms with E-state index in [1.807, 2.05) is 12.4 Å². The molecule has 0 fully saturated rings. The first-order chi connectivity index (χ1) is 10.1. The van der Waals surface area contributed by atoms with E-state index in [1.165, 1.54) is 0 Å². The third-order valence-corrected chi connectivity index (χ3v) is 4.00. The zero-order valence-corrected chi connectivity index (χ0v) is 11.9. The summed E-state index contributed by atoms with van der Waals surface area (Å²) in [6.07, 6.45) is 7.21. The first-order valence-electron chi connectivity index (χ1n) is 7.11. The molecule has 110 valence electrons. The molecule has 0 aromatic carbocycles. The molecule has 2 aromatic heterocycles. The van der Waals surface area contributed by atoms with Gasteiger partial charge >= 0.3 is 0 Å². The number of carbonyl (C=O) groups excluding carboxylic acids is 1. The average Bonchev–Trinajstić information content (AvgIpc) is 2.92. The summed E-state index contributed by atoms with van der Waals surface area (Å²) in [5.74, 6) is 1.13. The average molecular weight is 286 g/mol. The number of rotatable bonds is 3. The molecule has 3 rings (SSSR count). The maximum atomic E-state index is 12.2. The molecule has 0 saturated heterocycles. The van der Waals surface area contributed by atoms with Gasteiger partial charge in [0.1, 0.15) is 11.4 Å². The Kier molecular flexibility index (Phi) is 3.60. The fourth-order valence-electron chi connectivity index (χ4n) is 2.77. The van der Waals surface area contributed by atoms with E-state index < -0.39 is 0 Å². The lowest BCUT2D eigenvalue weighted by molar-refractivity contribution is 0.0942. The molecule has 6 heteroatoms. The molecule has 0 unspecified atom stereocenters. The lowest BCUT2D eigenvalue weighted by Gasteiger charge is -2.23. The van der Waals surface area contributed by atoms with Gasteiger partial charge in [0.15, 0.2) is 0 Å². The molecule has 0 bridgehead atoms. The molecule has 0 radical (unpaired) electrons. The highest BCUT2D eigenvalue weighted by Crippen LogP contribution is 2.18. The van der Waals surface area contributed by atoms with Crippen molar-refractivity contribution in [3.8, 4) is 0 Å². The molecule has 0 aliphatic carbocycles. The predicted molar refractivity (Wildman–Crippen MR) is 78.2 cm³/mol. The van der Waals surface area contributed by atoms with Crippen molar-refractivity contribution in [1.29, 1.82) is 0 Å². The number of hydrogen-bond donors (Lipinski definition) is 2. The Morgan fingerprint density at radius 1 is 1.57 bits per heavy atom. The minimum Gasteiger partial charge on any atom is -0.352 e. The highest BCUT2D eigenvalue weighted by Gasteiger charge is 2.21. The Morgan fingerprint density at radius 2 is 2.43 bits per heavy atom. The highest BCUT2D eigenvalue weighted by molar-refractivity contribution is 5.95. The number of fused-ring (bicyclic) bond motifs is 1. The van der Waals surface area contributed by atoms with Gasteiger partial charge in [0.25, 0.3) is 11.5 Å². The zero-order chi connectivity index (χ0) is 14.8. The molecule has 1 aliphatic rings. The van der Waals surface area contributed by atoms with E-state index in [1.54, 1.807) is 19.2 Å². The van der Waals surface area contributed by atoms with Gasteiger partial charge < -0.3 is 14.9 Å². The van der Waals surface area contributed by atoms with Crippen LogP contribution in [0.3, 0.4) is 0 Å². The number of pyridine rings is 1. The summed E-state index contributed by atoms with van der Waals surface area (Å²) >= 11 is 0. The monoisotopic (exact) mass is 286 g/mol. The Morgan fingerprint density at radius 3 is 3.24 bits per heavy atom. The summed E-state index contributed by atoms with van der Waals surface area (Å²) < 4.78 is 2.14. The minimum atomic E-state index is -0.341.